The highest BCUT2D eigenvalue weighted by Crippen LogP contribution is 2.30. The van der Waals surface area contributed by atoms with Gasteiger partial charge in [0.1, 0.15) is 5.82 Å². The molecule has 0 bridgehead atoms. The molecule has 0 unspecified atom stereocenters. The third-order valence-electron chi connectivity index (χ3n) is 3.98. The Bertz CT molecular complexity index is 564. The molecule has 3 heteroatoms. The first kappa shape index (κ1) is 16.5. The van der Waals surface area contributed by atoms with Gasteiger partial charge in [-0.15, -0.1) is 0 Å². The van der Waals surface area contributed by atoms with Crippen LogP contribution in [0.2, 0.25) is 0 Å². The highest BCUT2D eigenvalue weighted by Gasteiger charge is 2.30. The number of benzene rings is 1. The maximum absolute atomic E-state index is 13.0. The molecular weight excluding hydrogens is 275 g/mol. The topological polar surface area (TPSA) is 15.6 Å². The predicted molar refractivity (Wildman–Crippen MR) is 91.6 cm³/mol. The normalized spacial score (nSPS) is 17.2. The van der Waals surface area contributed by atoms with Crippen LogP contribution in [0.3, 0.4) is 0 Å². The number of rotatable bonds is 6. The molecule has 1 aliphatic rings. The third kappa shape index (κ3) is 4.06. The smallest absolute Gasteiger partial charge is 0.123 e. The van der Waals surface area contributed by atoms with Crippen LogP contribution in [0.5, 0.6) is 0 Å². The lowest BCUT2D eigenvalue weighted by Gasteiger charge is -2.43. The van der Waals surface area contributed by atoms with E-state index in [4.69, 9.17) is 0 Å². The monoisotopic (exact) mass is 300 g/mol. The molecule has 0 radical (unpaired) electrons. The summed E-state index contributed by atoms with van der Waals surface area (Å²) in [6.07, 6.45) is 8.26. The zero-order chi connectivity index (χ0) is 15.9. The maximum atomic E-state index is 13.0. The number of aliphatic imine (C=N–C) groups is 1. The number of halogens is 1. The first-order valence-electron chi connectivity index (χ1n) is 8.02. The van der Waals surface area contributed by atoms with Crippen LogP contribution < -0.4 is 0 Å². The van der Waals surface area contributed by atoms with Crippen LogP contribution in [0.4, 0.5) is 4.39 Å². The lowest BCUT2D eigenvalue weighted by Crippen LogP contribution is -2.45. The fourth-order valence-electron chi connectivity index (χ4n) is 2.66. The summed E-state index contributed by atoms with van der Waals surface area (Å²) in [6, 6.07) is 6.89. The van der Waals surface area contributed by atoms with Crippen LogP contribution in [0.1, 0.15) is 45.1 Å². The van der Waals surface area contributed by atoms with Crippen LogP contribution in [0.15, 0.2) is 53.3 Å². The molecule has 0 aromatic heterocycles. The van der Waals surface area contributed by atoms with Crippen molar-refractivity contribution in [2.75, 3.05) is 13.1 Å². The zero-order valence-corrected chi connectivity index (χ0v) is 13.7. The van der Waals surface area contributed by atoms with Gasteiger partial charge in [0.05, 0.1) is 11.4 Å². The molecule has 1 fully saturated rings. The molecule has 0 amide bonds. The SMILES string of the molecule is C\C=C/N=C(C)/C(=C/CCC)N1CC(c2ccc(F)cc2)C1. The zero-order valence-electron chi connectivity index (χ0n) is 13.7. The average molecular weight is 300 g/mol. The highest BCUT2D eigenvalue weighted by molar-refractivity contribution is 5.98. The van der Waals surface area contributed by atoms with E-state index in [0.717, 1.165) is 31.6 Å². The van der Waals surface area contributed by atoms with Gasteiger partial charge in [-0.25, -0.2) is 4.39 Å². The Morgan fingerprint density at radius 3 is 2.59 bits per heavy atom. The summed E-state index contributed by atoms with van der Waals surface area (Å²) in [7, 11) is 0. The van der Waals surface area contributed by atoms with Crippen molar-refractivity contribution < 1.29 is 4.39 Å². The Labute approximate surface area is 133 Å². The van der Waals surface area contributed by atoms with Crippen molar-refractivity contribution in [1.82, 2.24) is 4.90 Å². The summed E-state index contributed by atoms with van der Waals surface area (Å²) in [6.45, 7) is 8.17. The van der Waals surface area contributed by atoms with Gasteiger partial charge in [-0.2, -0.15) is 0 Å². The van der Waals surface area contributed by atoms with E-state index in [2.05, 4.69) is 29.8 Å². The summed E-state index contributed by atoms with van der Waals surface area (Å²) < 4.78 is 13.0. The van der Waals surface area contributed by atoms with Gasteiger partial charge in [0.25, 0.3) is 0 Å². The Kier molecular flexibility index (Phi) is 5.93. The lowest BCUT2D eigenvalue weighted by molar-refractivity contribution is 0.208. The van der Waals surface area contributed by atoms with Gasteiger partial charge in [0, 0.05) is 25.2 Å². The Morgan fingerprint density at radius 2 is 2.00 bits per heavy atom. The first-order chi connectivity index (χ1) is 10.7. The molecule has 1 heterocycles. The fourth-order valence-corrected chi connectivity index (χ4v) is 2.66. The van der Waals surface area contributed by atoms with Crippen molar-refractivity contribution in [3.05, 3.63) is 59.7 Å². The first-order valence-corrected chi connectivity index (χ1v) is 8.02. The van der Waals surface area contributed by atoms with Gasteiger partial charge in [0.2, 0.25) is 0 Å². The largest absolute Gasteiger partial charge is 0.369 e. The van der Waals surface area contributed by atoms with Crippen molar-refractivity contribution in [1.29, 1.82) is 0 Å². The molecule has 2 rings (SSSR count). The van der Waals surface area contributed by atoms with Gasteiger partial charge in [-0.3, -0.25) is 4.99 Å². The number of allylic oxidation sites excluding steroid dienone is 3. The van der Waals surface area contributed by atoms with Crippen LogP contribution in [0, 0.1) is 5.82 Å². The molecule has 0 aliphatic carbocycles. The van der Waals surface area contributed by atoms with E-state index in [1.165, 1.54) is 11.3 Å². The fraction of sp³-hybridized carbons (Fsp3) is 0.421. The van der Waals surface area contributed by atoms with E-state index < -0.39 is 0 Å². The molecule has 1 aromatic rings. The Hall–Kier alpha value is -1.90. The van der Waals surface area contributed by atoms with Gasteiger partial charge < -0.3 is 4.90 Å². The Morgan fingerprint density at radius 1 is 1.32 bits per heavy atom. The van der Waals surface area contributed by atoms with Crippen molar-refractivity contribution in [3.63, 3.8) is 0 Å². The summed E-state index contributed by atoms with van der Waals surface area (Å²) in [5.74, 6) is 0.318. The number of likely N-dealkylation sites (tertiary alicyclic amines) is 1. The van der Waals surface area contributed by atoms with Crippen molar-refractivity contribution in [3.8, 4) is 0 Å². The van der Waals surface area contributed by atoms with E-state index in [1.54, 1.807) is 12.1 Å². The molecule has 0 N–H and O–H groups in total. The second kappa shape index (κ2) is 7.92. The van der Waals surface area contributed by atoms with Gasteiger partial charge >= 0.3 is 0 Å². The van der Waals surface area contributed by atoms with E-state index in [0.29, 0.717) is 5.92 Å². The average Bonchev–Trinajstić information content (AvgIpc) is 2.48. The Balaban J connectivity index is 2.04. The highest BCUT2D eigenvalue weighted by atomic mass is 19.1. The molecule has 0 atom stereocenters. The second-order valence-corrected chi connectivity index (χ2v) is 5.73. The van der Waals surface area contributed by atoms with Crippen molar-refractivity contribution in [2.24, 2.45) is 4.99 Å². The third-order valence-corrected chi connectivity index (χ3v) is 3.98. The number of hydrogen-bond acceptors (Lipinski definition) is 2. The molecule has 2 nitrogen and oxygen atoms in total. The second-order valence-electron chi connectivity index (χ2n) is 5.73. The molecule has 0 spiro atoms. The van der Waals surface area contributed by atoms with Gasteiger partial charge in [-0.1, -0.05) is 37.6 Å². The predicted octanol–water partition coefficient (Wildman–Crippen LogP) is 4.90. The van der Waals surface area contributed by atoms with Crippen molar-refractivity contribution in [2.45, 2.75) is 39.5 Å². The summed E-state index contributed by atoms with van der Waals surface area (Å²) in [5, 5.41) is 0. The summed E-state index contributed by atoms with van der Waals surface area (Å²) >= 11 is 0. The number of nitrogens with zero attached hydrogens (tertiary/aromatic N) is 2. The van der Waals surface area contributed by atoms with E-state index in [9.17, 15) is 4.39 Å². The standard InChI is InChI=1S/C19H25FN2/c1-4-6-7-19(15(3)21-12-5-2)22-13-17(14-22)16-8-10-18(20)11-9-16/h5,7-12,17H,4,6,13-14H2,1-3H3/b12-5-,19-7-,21-15+. The molecule has 0 saturated carbocycles. The minimum Gasteiger partial charge on any atom is -0.369 e. The van der Waals surface area contributed by atoms with Gasteiger partial charge in [-0.05, 0) is 38.0 Å². The minimum atomic E-state index is -0.169. The molecule has 118 valence electrons. The summed E-state index contributed by atoms with van der Waals surface area (Å²) in [5.41, 5.74) is 3.51. The van der Waals surface area contributed by atoms with Crippen molar-refractivity contribution >= 4 is 5.71 Å². The van der Waals surface area contributed by atoms with Crippen LogP contribution in [-0.2, 0) is 0 Å². The van der Waals surface area contributed by atoms with Crippen LogP contribution in [-0.4, -0.2) is 23.7 Å². The maximum Gasteiger partial charge on any atom is 0.123 e. The summed E-state index contributed by atoms with van der Waals surface area (Å²) in [4.78, 5) is 6.85. The number of hydrogen-bond donors (Lipinski definition) is 0. The molecule has 22 heavy (non-hydrogen) atoms. The van der Waals surface area contributed by atoms with Gasteiger partial charge in [0.15, 0.2) is 0 Å². The number of unbranched alkanes of at least 4 members (excludes halogenated alkanes) is 1. The molecule has 1 saturated heterocycles. The molecular formula is C19H25FN2. The lowest BCUT2D eigenvalue weighted by atomic mass is 9.90. The minimum absolute atomic E-state index is 0.169. The van der Waals surface area contributed by atoms with Crippen LogP contribution >= 0.6 is 0 Å². The van der Waals surface area contributed by atoms with E-state index >= 15 is 0 Å². The van der Waals surface area contributed by atoms with E-state index in [1.807, 2.05) is 31.3 Å². The van der Waals surface area contributed by atoms with E-state index in [-0.39, 0.29) is 5.82 Å². The quantitative estimate of drug-likeness (QED) is 0.682. The van der Waals surface area contributed by atoms with Crippen LogP contribution in [0.25, 0.3) is 0 Å². The molecule has 1 aliphatic heterocycles. The molecule has 1 aromatic carbocycles.